The third-order valence-electron chi connectivity index (χ3n) is 4.19. The van der Waals surface area contributed by atoms with E-state index in [1.54, 1.807) is 23.0 Å². The molecule has 2 aromatic heterocycles. The molecule has 1 aromatic carbocycles. The van der Waals surface area contributed by atoms with Crippen molar-refractivity contribution >= 4 is 11.5 Å². The predicted octanol–water partition coefficient (Wildman–Crippen LogP) is 2.34. The van der Waals surface area contributed by atoms with E-state index in [-0.39, 0.29) is 24.5 Å². The molecule has 0 radical (unpaired) electrons. The molecule has 0 bridgehead atoms. The van der Waals surface area contributed by atoms with Gasteiger partial charge in [0.25, 0.3) is 5.56 Å². The number of ether oxygens (including phenoxy) is 1. The molecule has 0 amide bonds. The van der Waals surface area contributed by atoms with E-state index < -0.39 is 0 Å². The van der Waals surface area contributed by atoms with Crippen LogP contribution in [0.15, 0.2) is 41.5 Å². The van der Waals surface area contributed by atoms with Gasteiger partial charge in [0.1, 0.15) is 5.52 Å². The molecular weight excluding hydrogens is 306 g/mol. The molecule has 0 atom stereocenters. The Morgan fingerprint density at radius 3 is 2.67 bits per heavy atom. The van der Waals surface area contributed by atoms with Crippen molar-refractivity contribution in [2.75, 3.05) is 7.11 Å². The summed E-state index contributed by atoms with van der Waals surface area (Å²) in [5.41, 5.74) is 4.43. The number of aryl methyl sites for hydroxylation is 3. The number of hydrogen-bond donors (Lipinski definition) is 0. The number of hydrogen-bond acceptors (Lipinski definition) is 4. The topological polar surface area (TPSA) is 65.6 Å². The molecule has 0 fully saturated rings. The highest BCUT2D eigenvalue weighted by atomic mass is 16.5. The SMILES string of the molecule is COC(=O)CCn1ccn2nc(-c3ccc(C)c(C)c3)cc2c1=O. The lowest BCUT2D eigenvalue weighted by Crippen LogP contribution is -2.22. The number of carbonyl (C=O) groups excluding carboxylic acids is 1. The molecule has 0 spiro atoms. The van der Waals surface area contributed by atoms with E-state index in [0.29, 0.717) is 5.52 Å². The van der Waals surface area contributed by atoms with Crippen molar-refractivity contribution in [3.63, 3.8) is 0 Å². The molecule has 2 heterocycles. The first kappa shape index (κ1) is 16.0. The van der Waals surface area contributed by atoms with E-state index in [2.05, 4.69) is 29.7 Å². The van der Waals surface area contributed by atoms with E-state index in [1.165, 1.54) is 22.8 Å². The number of aromatic nitrogens is 3. The summed E-state index contributed by atoms with van der Waals surface area (Å²) >= 11 is 0. The summed E-state index contributed by atoms with van der Waals surface area (Å²) < 4.78 is 7.68. The average Bonchev–Trinajstić information content (AvgIpc) is 3.01. The zero-order valence-electron chi connectivity index (χ0n) is 13.9. The van der Waals surface area contributed by atoms with E-state index in [0.717, 1.165) is 11.3 Å². The van der Waals surface area contributed by atoms with Crippen molar-refractivity contribution < 1.29 is 9.53 Å². The maximum absolute atomic E-state index is 12.5. The Labute approximate surface area is 139 Å². The van der Waals surface area contributed by atoms with Gasteiger partial charge < -0.3 is 9.30 Å². The molecule has 3 rings (SSSR count). The van der Waals surface area contributed by atoms with Crippen LogP contribution in [0.2, 0.25) is 0 Å². The van der Waals surface area contributed by atoms with Gasteiger partial charge in [0.05, 0.1) is 19.2 Å². The van der Waals surface area contributed by atoms with Gasteiger partial charge >= 0.3 is 5.97 Å². The molecule has 0 unspecified atom stereocenters. The third-order valence-corrected chi connectivity index (χ3v) is 4.19. The standard InChI is InChI=1S/C18H19N3O3/c1-12-4-5-14(10-13(12)2)15-11-16-18(23)20(7-6-17(22)24-3)8-9-21(16)19-15/h4-5,8-11H,6-7H2,1-3H3. The minimum Gasteiger partial charge on any atom is -0.469 e. The van der Waals surface area contributed by atoms with Crippen LogP contribution in [0.25, 0.3) is 16.8 Å². The zero-order valence-corrected chi connectivity index (χ0v) is 13.9. The molecule has 0 aliphatic carbocycles. The number of nitrogens with zero attached hydrogens (tertiary/aromatic N) is 3. The molecule has 3 aromatic rings. The van der Waals surface area contributed by atoms with Crippen molar-refractivity contribution in [2.24, 2.45) is 0 Å². The molecule has 0 saturated carbocycles. The van der Waals surface area contributed by atoms with E-state index in [1.807, 2.05) is 12.1 Å². The quantitative estimate of drug-likeness (QED) is 0.691. The number of fused-ring (bicyclic) bond motifs is 1. The fourth-order valence-corrected chi connectivity index (χ4v) is 2.56. The lowest BCUT2D eigenvalue weighted by Gasteiger charge is -2.04. The summed E-state index contributed by atoms with van der Waals surface area (Å²) in [4.78, 5) is 23.8. The molecular formula is C18H19N3O3. The highest BCUT2D eigenvalue weighted by Crippen LogP contribution is 2.21. The average molecular weight is 325 g/mol. The van der Waals surface area contributed by atoms with Crippen LogP contribution in [0.3, 0.4) is 0 Å². The lowest BCUT2D eigenvalue weighted by atomic mass is 10.0. The lowest BCUT2D eigenvalue weighted by molar-refractivity contribution is -0.140. The number of rotatable bonds is 4. The van der Waals surface area contributed by atoms with Gasteiger partial charge in [-0.25, -0.2) is 4.52 Å². The molecule has 0 N–H and O–H groups in total. The number of esters is 1. The van der Waals surface area contributed by atoms with Gasteiger partial charge in [0.2, 0.25) is 0 Å². The Balaban J connectivity index is 1.99. The maximum Gasteiger partial charge on any atom is 0.307 e. The van der Waals surface area contributed by atoms with Crippen molar-refractivity contribution in [1.29, 1.82) is 0 Å². The van der Waals surface area contributed by atoms with Crippen LogP contribution in [0.5, 0.6) is 0 Å². The van der Waals surface area contributed by atoms with Crippen LogP contribution in [-0.2, 0) is 16.1 Å². The fraction of sp³-hybridized carbons (Fsp3) is 0.278. The third kappa shape index (κ3) is 2.95. The van der Waals surface area contributed by atoms with Gasteiger partial charge in [-0.2, -0.15) is 5.10 Å². The molecule has 0 aliphatic heterocycles. The molecule has 24 heavy (non-hydrogen) atoms. The van der Waals surface area contributed by atoms with Crippen LogP contribution in [0.1, 0.15) is 17.5 Å². The van der Waals surface area contributed by atoms with Crippen molar-refractivity contribution in [3.8, 4) is 11.3 Å². The predicted molar refractivity (Wildman–Crippen MR) is 91.0 cm³/mol. The fourth-order valence-electron chi connectivity index (χ4n) is 2.56. The van der Waals surface area contributed by atoms with Crippen LogP contribution in [0.4, 0.5) is 0 Å². The summed E-state index contributed by atoms with van der Waals surface area (Å²) in [5, 5.41) is 4.48. The van der Waals surface area contributed by atoms with Gasteiger partial charge in [-0.1, -0.05) is 12.1 Å². The highest BCUT2D eigenvalue weighted by molar-refractivity contribution is 5.69. The van der Waals surface area contributed by atoms with Crippen molar-refractivity contribution in [2.45, 2.75) is 26.8 Å². The zero-order chi connectivity index (χ0) is 17.3. The normalized spacial score (nSPS) is 11.0. The van der Waals surface area contributed by atoms with Gasteiger partial charge in [0, 0.05) is 24.5 Å². The molecule has 6 nitrogen and oxygen atoms in total. The second kappa shape index (κ2) is 6.31. The number of benzene rings is 1. The molecule has 124 valence electrons. The number of carbonyl (C=O) groups is 1. The van der Waals surface area contributed by atoms with Gasteiger partial charge in [-0.3, -0.25) is 9.59 Å². The first-order valence-corrected chi connectivity index (χ1v) is 7.73. The van der Waals surface area contributed by atoms with Gasteiger partial charge in [-0.05, 0) is 37.1 Å². The minimum absolute atomic E-state index is 0.157. The number of methoxy groups -OCH3 is 1. The summed E-state index contributed by atoms with van der Waals surface area (Å²) in [6.07, 6.45) is 3.51. The Kier molecular flexibility index (Phi) is 4.20. The highest BCUT2D eigenvalue weighted by Gasteiger charge is 2.10. The van der Waals surface area contributed by atoms with Gasteiger partial charge in [-0.15, -0.1) is 0 Å². The van der Waals surface area contributed by atoms with Crippen molar-refractivity contribution in [1.82, 2.24) is 14.2 Å². The van der Waals surface area contributed by atoms with E-state index in [9.17, 15) is 9.59 Å². The second-order valence-corrected chi connectivity index (χ2v) is 5.78. The minimum atomic E-state index is -0.342. The second-order valence-electron chi connectivity index (χ2n) is 5.78. The Hall–Kier alpha value is -2.89. The molecule has 0 aliphatic rings. The van der Waals surface area contributed by atoms with Crippen molar-refractivity contribution in [3.05, 3.63) is 58.1 Å². The largest absolute Gasteiger partial charge is 0.469 e. The summed E-state index contributed by atoms with van der Waals surface area (Å²) in [6, 6.07) is 7.89. The van der Waals surface area contributed by atoms with Gasteiger partial charge in [0.15, 0.2) is 0 Å². The summed E-state index contributed by atoms with van der Waals surface area (Å²) in [5.74, 6) is -0.342. The monoisotopic (exact) mass is 325 g/mol. The Bertz CT molecular complexity index is 969. The van der Waals surface area contributed by atoms with E-state index in [4.69, 9.17) is 0 Å². The molecule has 6 heteroatoms. The van der Waals surface area contributed by atoms with Crippen LogP contribution < -0.4 is 5.56 Å². The summed E-state index contributed by atoms with van der Waals surface area (Å²) in [7, 11) is 1.33. The van der Waals surface area contributed by atoms with E-state index >= 15 is 0 Å². The Morgan fingerprint density at radius 2 is 1.96 bits per heavy atom. The smallest absolute Gasteiger partial charge is 0.307 e. The first-order chi connectivity index (χ1) is 11.5. The van der Waals surface area contributed by atoms with Crippen LogP contribution in [-0.4, -0.2) is 27.3 Å². The Morgan fingerprint density at radius 1 is 1.17 bits per heavy atom. The first-order valence-electron chi connectivity index (χ1n) is 7.73. The summed E-state index contributed by atoms with van der Waals surface area (Å²) in [6.45, 7) is 4.39. The van der Waals surface area contributed by atoms with Crippen LogP contribution >= 0.6 is 0 Å². The van der Waals surface area contributed by atoms with Crippen LogP contribution in [0, 0.1) is 13.8 Å². The molecule has 0 saturated heterocycles. The maximum atomic E-state index is 12.5.